The Bertz CT molecular complexity index is 1550. The van der Waals surface area contributed by atoms with Crippen LogP contribution in [0.1, 0.15) is 34.6 Å². The second-order valence-electron chi connectivity index (χ2n) is 9.94. The standard InChI is InChI=1S/C26H29N3O6S2/c1-15(2)23(24(30)35-26(3,4)5)29-37(32,33)18-7-9-20-19-8-6-16(12-21(19)34-22(20)13-18)27-25(31)28-17-10-11-36-14-17/h6-15,23,29H,1-5H3,(H2,27,28,31). The molecule has 11 heteroatoms. The fourth-order valence-electron chi connectivity index (χ4n) is 3.69. The quantitative estimate of drug-likeness (QED) is 0.248. The van der Waals surface area contributed by atoms with E-state index in [0.29, 0.717) is 22.5 Å². The maximum absolute atomic E-state index is 13.2. The lowest BCUT2D eigenvalue weighted by atomic mass is 10.1. The van der Waals surface area contributed by atoms with E-state index >= 15 is 0 Å². The summed E-state index contributed by atoms with van der Waals surface area (Å²) < 4.78 is 40.1. The van der Waals surface area contributed by atoms with Gasteiger partial charge in [0.15, 0.2) is 0 Å². The first kappa shape index (κ1) is 26.6. The molecule has 0 fully saturated rings. The number of carbonyl (C=O) groups is 2. The first-order valence-electron chi connectivity index (χ1n) is 11.6. The molecule has 2 amide bonds. The zero-order valence-electron chi connectivity index (χ0n) is 21.1. The predicted molar refractivity (Wildman–Crippen MR) is 145 cm³/mol. The van der Waals surface area contributed by atoms with E-state index in [9.17, 15) is 18.0 Å². The van der Waals surface area contributed by atoms with Gasteiger partial charge in [0.2, 0.25) is 10.0 Å². The van der Waals surface area contributed by atoms with Gasteiger partial charge in [-0.15, -0.1) is 0 Å². The number of sulfonamides is 1. The zero-order valence-corrected chi connectivity index (χ0v) is 22.7. The van der Waals surface area contributed by atoms with Gasteiger partial charge in [0.05, 0.1) is 10.6 Å². The summed E-state index contributed by atoms with van der Waals surface area (Å²) in [6, 6.07) is 10.1. The molecule has 2 heterocycles. The molecule has 4 aromatic rings. The Hall–Kier alpha value is -3.41. The number of hydrogen-bond acceptors (Lipinski definition) is 7. The van der Waals surface area contributed by atoms with Crippen molar-refractivity contribution in [2.45, 2.75) is 51.2 Å². The first-order valence-corrected chi connectivity index (χ1v) is 14.1. The number of rotatable bonds is 7. The molecule has 0 aliphatic heterocycles. The molecule has 1 atom stereocenters. The Morgan fingerprint density at radius 2 is 1.59 bits per heavy atom. The lowest BCUT2D eigenvalue weighted by molar-refractivity contribution is -0.158. The summed E-state index contributed by atoms with van der Waals surface area (Å²) in [5.41, 5.74) is 1.31. The second-order valence-corrected chi connectivity index (χ2v) is 12.4. The monoisotopic (exact) mass is 543 g/mol. The molecule has 0 aliphatic rings. The largest absolute Gasteiger partial charge is 0.459 e. The highest BCUT2D eigenvalue weighted by Gasteiger charge is 2.32. The topological polar surface area (TPSA) is 127 Å². The van der Waals surface area contributed by atoms with Crippen LogP contribution in [-0.2, 0) is 19.6 Å². The lowest BCUT2D eigenvalue weighted by Crippen LogP contribution is -2.47. The first-order chi connectivity index (χ1) is 17.3. The molecule has 0 saturated carbocycles. The molecular weight excluding hydrogens is 514 g/mol. The molecule has 1 unspecified atom stereocenters. The van der Waals surface area contributed by atoms with Gasteiger partial charge >= 0.3 is 12.0 Å². The van der Waals surface area contributed by atoms with Crippen molar-refractivity contribution in [3.63, 3.8) is 0 Å². The molecule has 0 spiro atoms. The normalized spacial score (nSPS) is 13.1. The van der Waals surface area contributed by atoms with Crippen LogP contribution in [0.5, 0.6) is 0 Å². The zero-order chi connectivity index (χ0) is 27.0. The van der Waals surface area contributed by atoms with Crippen LogP contribution in [-0.4, -0.2) is 32.1 Å². The van der Waals surface area contributed by atoms with E-state index in [1.165, 1.54) is 23.5 Å². The van der Waals surface area contributed by atoms with Crippen molar-refractivity contribution in [3.05, 3.63) is 53.2 Å². The van der Waals surface area contributed by atoms with E-state index in [1.807, 2.05) is 10.8 Å². The SMILES string of the molecule is CC(C)C(NS(=O)(=O)c1ccc2c(c1)oc1cc(NC(=O)Nc3ccsc3)ccc12)C(=O)OC(C)(C)C. The number of fused-ring (bicyclic) bond motifs is 3. The Kier molecular flexibility index (Phi) is 7.31. The number of esters is 1. The number of anilines is 2. The van der Waals surface area contributed by atoms with Crippen LogP contribution in [0.15, 0.2) is 62.5 Å². The summed E-state index contributed by atoms with van der Waals surface area (Å²) in [5, 5.41) is 10.7. The summed E-state index contributed by atoms with van der Waals surface area (Å²) >= 11 is 1.47. The van der Waals surface area contributed by atoms with E-state index < -0.39 is 33.7 Å². The molecule has 0 aliphatic carbocycles. The fraction of sp³-hybridized carbons (Fsp3) is 0.308. The summed E-state index contributed by atoms with van der Waals surface area (Å²) in [6.07, 6.45) is 0. The number of ether oxygens (including phenoxy) is 1. The van der Waals surface area contributed by atoms with Crippen LogP contribution < -0.4 is 15.4 Å². The number of hydrogen-bond donors (Lipinski definition) is 3. The average Bonchev–Trinajstić information content (AvgIpc) is 3.42. The molecule has 0 bridgehead atoms. The van der Waals surface area contributed by atoms with Gasteiger partial charge in [-0.05, 0) is 62.4 Å². The Morgan fingerprint density at radius 1 is 0.946 bits per heavy atom. The lowest BCUT2D eigenvalue weighted by Gasteiger charge is -2.26. The summed E-state index contributed by atoms with van der Waals surface area (Å²) in [6.45, 7) is 8.66. The van der Waals surface area contributed by atoms with E-state index in [-0.39, 0.29) is 10.8 Å². The van der Waals surface area contributed by atoms with Crippen LogP contribution in [0.25, 0.3) is 21.9 Å². The number of urea groups is 1. The Labute approximate surface area is 219 Å². The van der Waals surface area contributed by atoms with Crippen molar-refractivity contribution in [2.24, 2.45) is 5.92 Å². The van der Waals surface area contributed by atoms with Crippen LogP contribution in [0.2, 0.25) is 0 Å². The highest BCUT2D eigenvalue weighted by Crippen LogP contribution is 2.32. The van der Waals surface area contributed by atoms with Gasteiger partial charge < -0.3 is 19.8 Å². The molecule has 0 radical (unpaired) electrons. The van der Waals surface area contributed by atoms with Crippen LogP contribution >= 0.6 is 11.3 Å². The van der Waals surface area contributed by atoms with Gasteiger partial charge in [0.1, 0.15) is 22.8 Å². The number of furan rings is 1. The Morgan fingerprint density at radius 3 is 2.22 bits per heavy atom. The molecule has 0 saturated heterocycles. The number of amides is 2. The molecule has 4 rings (SSSR count). The smallest absolute Gasteiger partial charge is 0.324 e. The maximum atomic E-state index is 13.2. The van der Waals surface area contributed by atoms with Gasteiger partial charge in [-0.3, -0.25) is 4.79 Å². The second kappa shape index (κ2) is 10.2. The molecule has 2 aromatic carbocycles. The van der Waals surface area contributed by atoms with Gasteiger partial charge in [-0.1, -0.05) is 13.8 Å². The molecule has 196 valence electrons. The highest BCUT2D eigenvalue weighted by molar-refractivity contribution is 7.89. The van der Waals surface area contributed by atoms with Crippen molar-refractivity contribution in [2.75, 3.05) is 10.6 Å². The van der Waals surface area contributed by atoms with Crippen LogP contribution in [0, 0.1) is 5.92 Å². The average molecular weight is 544 g/mol. The van der Waals surface area contributed by atoms with Crippen LogP contribution in [0.3, 0.4) is 0 Å². The van der Waals surface area contributed by atoms with Gasteiger partial charge in [0, 0.05) is 34.0 Å². The van der Waals surface area contributed by atoms with Crippen molar-refractivity contribution in [1.29, 1.82) is 0 Å². The van der Waals surface area contributed by atoms with E-state index in [2.05, 4.69) is 15.4 Å². The third-order valence-electron chi connectivity index (χ3n) is 5.40. The third-order valence-corrected chi connectivity index (χ3v) is 7.52. The van der Waals surface area contributed by atoms with Crippen LogP contribution in [0.4, 0.5) is 16.2 Å². The number of nitrogens with one attached hydrogen (secondary N) is 3. The maximum Gasteiger partial charge on any atom is 0.324 e. The van der Waals surface area contributed by atoms with Crippen molar-refractivity contribution in [1.82, 2.24) is 4.72 Å². The molecule has 9 nitrogen and oxygen atoms in total. The molecule has 37 heavy (non-hydrogen) atoms. The minimum atomic E-state index is -4.06. The van der Waals surface area contributed by atoms with Crippen molar-refractivity contribution < 1.29 is 27.2 Å². The Balaban J connectivity index is 1.57. The summed E-state index contributed by atoms with van der Waals surface area (Å²) in [7, 11) is -4.06. The van der Waals surface area contributed by atoms with Crippen molar-refractivity contribution >= 4 is 66.7 Å². The number of benzene rings is 2. The number of thiophene rings is 1. The van der Waals surface area contributed by atoms with E-state index in [0.717, 1.165) is 10.8 Å². The van der Waals surface area contributed by atoms with E-state index in [1.54, 1.807) is 65.0 Å². The molecule has 3 N–H and O–H groups in total. The minimum Gasteiger partial charge on any atom is -0.459 e. The highest BCUT2D eigenvalue weighted by atomic mass is 32.2. The summed E-state index contributed by atoms with van der Waals surface area (Å²) in [4.78, 5) is 24.8. The van der Waals surface area contributed by atoms with Gasteiger partial charge in [-0.25, -0.2) is 13.2 Å². The van der Waals surface area contributed by atoms with E-state index in [4.69, 9.17) is 9.15 Å². The molecule has 2 aromatic heterocycles. The minimum absolute atomic E-state index is 0.0400. The molecular formula is C26H29N3O6S2. The van der Waals surface area contributed by atoms with Gasteiger partial charge in [0.25, 0.3) is 0 Å². The number of carbonyl (C=O) groups excluding carboxylic acids is 2. The summed E-state index contributed by atoms with van der Waals surface area (Å²) in [5.74, 6) is -0.971. The third kappa shape index (κ3) is 6.30. The van der Waals surface area contributed by atoms with Gasteiger partial charge in [-0.2, -0.15) is 16.1 Å². The van der Waals surface area contributed by atoms with Crippen molar-refractivity contribution in [3.8, 4) is 0 Å². The predicted octanol–water partition coefficient (Wildman–Crippen LogP) is 5.94. The fourth-order valence-corrected chi connectivity index (χ4v) is 5.62.